The van der Waals surface area contributed by atoms with Gasteiger partial charge in [-0.1, -0.05) is 18.3 Å². The van der Waals surface area contributed by atoms with Crippen LogP contribution < -0.4 is 11.1 Å². The highest BCUT2D eigenvalue weighted by Crippen LogP contribution is 2.17. The quantitative estimate of drug-likeness (QED) is 0.841. The van der Waals surface area contributed by atoms with E-state index >= 15 is 0 Å². The number of aromatic nitrogens is 2. The summed E-state index contributed by atoms with van der Waals surface area (Å²) in [6.07, 6.45) is 0. The molecule has 1 heterocycles. The zero-order valence-electron chi connectivity index (χ0n) is 11.2. The Morgan fingerprint density at radius 2 is 1.68 bits per heavy atom. The number of aryl methyl sites for hydroxylation is 3. The predicted octanol–water partition coefficient (Wildman–Crippen LogP) is 2.78. The summed E-state index contributed by atoms with van der Waals surface area (Å²) >= 11 is 4.95. The minimum atomic E-state index is 0.272. The van der Waals surface area contributed by atoms with Gasteiger partial charge < -0.3 is 11.1 Å². The van der Waals surface area contributed by atoms with Gasteiger partial charge in [0.15, 0.2) is 0 Å². The lowest BCUT2D eigenvalue weighted by Gasteiger charge is -2.09. The molecule has 19 heavy (non-hydrogen) atoms. The van der Waals surface area contributed by atoms with Gasteiger partial charge in [0.2, 0.25) is 5.95 Å². The van der Waals surface area contributed by atoms with E-state index in [1.165, 1.54) is 11.1 Å². The van der Waals surface area contributed by atoms with Crippen LogP contribution in [-0.4, -0.2) is 15.0 Å². The topological polar surface area (TPSA) is 63.8 Å². The van der Waals surface area contributed by atoms with E-state index in [0.717, 1.165) is 11.4 Å². The summed E-state index contributed by atoms with van der Waals surface area (Å²) in [6, 6.07) is 7.97. The van der Waals surface area contributed by atoms with Gasteiger partial charge in [0.25, 0.3) is 0 Å². The van der Waals surface area contributed by atoms with Crippen LogP contribution in [0.1, 0.15) is 22.5 Å². The summed E-state index contributed by atoms with van der Waals surface area (Å²) in [4.78, 5) is 8.90. The SMILES string of the molecule is Cc1cc(C)cc(Nc2nc(C)cc(C(N)=S)n2)c1. The minimum Gasteiger partial charge on any atom is -0.388 e. The molecule has 0 unspecified atom stereocenters. The van der Waals surface area contributed by atoms with Crippen LogP contribution in [0.25, 0.3) is 0 Å². The zero-order valence-corrected chi connectivity index (χ0v) is 12.0. The summed E-state index contributed by atoms with van der Waals surface area (Å²) in [7, 11) is 0. The normalized spacial score (nSPS) is 10.3. The molecule has 0 aliphatic heterocycles. The number of anilines is 2. The van der Waals surface area contributed by atoms with Crippen molar-refractivity contribution in [3.63, 3.8) is 0 Å². The van der Waals surface area contributed by atoms with Crippen molar-refractivity contribution in [2.45, 2.75) is 20.8 Å². The zero-order chi connectivity index (χ0) is 14.0. The number of nitrogens with zero attached hydrogens (tertiary/aromatic N) is 2. The number of nitrogens with one attached hydrogen (secondary N) is 1. The van der Waals surface area contributed by atoms with E-state index in [-0.39, 0.29) is 4.99 Å². The molecule has 0 bridgehead atoms. The van der Waals surface area contributed by atoms with E-state index < -0.39 is 0 Å². The summed E-state index contributed by atoms with van der Waals surface area (Å²) in [5.41, 5.74) is 10.3. The van der Waals surface area contributed by atoms with Crippen LogP contribution in [0.2, 0.25) is 0 Å². The molecule has 0 saturated carbocycles. The smallest absolute Gasteiger partial charge is 0.228 e. The molecule has 2 rings (SSSR count). The standard InChI is InChI=1S/C14H16N4S/c1-8-4-9(2)6-11(5-8)17-14-16-10(3)7-12(18-14)13(15)19/h4-7H,1-3H3,(H2,15,19)(H,16,17,18). The van der Waals surface area contributed by atoms with Crippen LogP contribution in [0.15, 0.2) is 24.3 Å². The van der Waals surface area contributed by atoms with Gasteiger partial charge in [0.1, 0.15) is 10.7 Å². The maximum atomic E-state index is 5.61. The molecule has 1 aromatic heterocycles. The van der Waals surface area contributed by atoms with Gasteiger partial charge in [-0.3, -0.25) is 0 Å². The molecule has 0 aliphatic carbocycles. The van der Waals surface area contributed by atoms with Crippen LogP contribution in [0.3, 0.4) is 0 Å². The molecule has 1 aromatic carbocycles. The average Bonchev–Trinajstić information content (AvgIpc) is 2.26. The average molecular weight is 272 g/mol. The Balaban J connectivity index is 2.35. The molecule has 4 nitrogen and oxygen atoms in total. The van der Waals surface area contributed by atoms with Crippen LogP contribution >= 0.6 is 12.2 Å². The number of benzene rings is 1. The monoisotopic (exact) mass is 272 g/mol. The fourth-order valence-corrected chi connectivity index (χ4v) is 2.03. The number of thiocarbonyl (C=S) groups is 1. The second-order valence-electron chi connectivity index (χ2n) is 4.58. The first-order chi connectivity index (χ1) is 8.94. The van der Waals surface area contributed by atoms with Crippen molar-refractivity contribution in [3.8, 4) is 0 Å². The molecule has 0 amide bonds. The molecule has 0 radical (unpaired) electrons. The van der Waals surface area contributed by atoms with Crippen molar-refractivity contribution in [2.75, 3.05) is 5.32 Å². The maximum Gasteiger partial charge on any atom is 0.228 e. The highest BCUT2D eigenvalue weighted by molar-refractivity contribution is 7.80. The lowest BCUT2D eigenvalue weighted by molar-refractivity contribution is 1.09. The Kier molecular flexibility index (Phi) is 3.76. The van der Waals surface area contributed by atoms with E-state index in [1.807, 2.05) is 19.1 Å². The Labute approximate surface area is 118 Å². The van der Waals surface area contributed by atoms with Gasteiger partial charge in [0, 0.05) is 11.4 Å². The first-order valence-corrected chi connectivity index (χ1v) is 6.35. The van der Waals surface area contributed by atoms with Crippen LogP contribution in [0, 0.1) is 20.8 Å². The van der Waals surface area contributed by atoms with Crippen molar-refractivity contribution in [1.29, 1.82) is 0 Å². The van der Waals surface area contributed by atoms with E-state index in [0.29, 0.717) is 11.6 Å². The third-order valence-corrected chi connectivity index (χ3v) is 2.79. The van der Waals surface area contributed by atoms with Crippen LogP contribution in [0.5, 0.6) is 0 Å². The van der Waals surface area contributed by atoms with E-state index in [1.54, 1.807) is 6.07 Å². The molecule has 98 valence electrons. The summed E-state index contributed by atoms with van der Waals surface area (Å²) in [5, 5.41) is 3.18. The Hall–Kier alpha value is -2.01. The fourth-order valence-electron chi connectivity index (χ4n) is 1.93. The van der Waals surface area contributed by atoms with Crippen LogP contribution in [-0.2, 0) is 0 Å². The van der Waals surface area contributed by atoms with Gasteiger partial charge in [-0.05, 0) is 50.1 Å². The van der Waals surface area contributed by atoms with Gasteiger partial charge in [0.05, 0.1) is 0 Å². The van der Waals surface area contributed by atoms with Gasteiger partial charge in [-0.25, -0.2) is 9.97 Å². The highest BCUT2D eigenvalue weighted by atomic mass is 32.1. The molecule has 3 N–H and O–H groups in total. The molecule has 2 aromatic rings. The first kappa shape index (κ1) is 13.4. The van der Waals surface area contributed by atoms with Crippen molar-refractivity contribution in [3.05, 3.63) is 46.8 Å². The Morgan fingerprint density at radius 1 is 1.05 bits per heavy atom. The van der Waals surface area contributed by atoms with Crippen molar-refractivity contribution in [2.24, 2.45) is 5.73 Å². The number of hydrogen-bond acceptors (Lipinski definition) is 4. The highest BCUT2D eigenvalue weighted by Gasteiger charge is 2.05. The van der Waals surface area contributed by atoms with E-state index in [9.17, 15) is 0 Å². The van der Waals surface area contributed by atoms with Crippen molar-refractivity contribution >= 4 is 28.8 Å². The van der Waals surface area contributed by atoms with Gasteiger partial charge in [-0.2, -0.15) is 0 Å². The van der Waals surface area contributed by atoms with E-state index in [2.05, 4.69) is 35.2 Å². The second-order valence-corrected chi connectivity index (χ2v) is 5.02. The Morgan fingerprint density at radius 3 is 2.26 bits per heavy atom. The summed E-state index contributed by atoms with van der Waals surface area (Å²) in [6.45, 7) is 5.99. The maximum absolute atomic E-state index is 5.61. The molecule has 0 spiro atoms. The van der Waals surface area contributed by atoms with Crippen molar-refractivity contribution in [1.82, 2.24) is 9.97 Å². The first-order valence-electron chi connectivity index (χ1n) is 5.95. The number of hydrogen-bond donors (Lipinski definition) is 2. The molecular weight excluding hydrogens is 256 g/mol. The molecule has 0 atom stereocenters. The lowest BCUT2D eigenvalue weighted by Crippen LogP contribution is -2.13. The molecule has 5 heteroatoms. The molecular formula is C14H16N4S. The number of rotatable bonds is 3. The van der Waals surface area contributed by atoms with Crippen LogP contribution in [0.4, 0.5) is 11.6 Å². The second kappa shape index (κ2) is 5.32. The van der Waals surface area contributed by atoms with Gasteiger partial charge in [-0.15, -0.1) is 0 Å². The molecule has 0 fully saturated rings. The Bertz CT molecular complexity index is 617. The summed E-state index contributed by atoms with van der Waals surface area (Å²) < 4.78 is 0. The number of nitrogens with two attached hydrogens (primary N) is 1. The van der Waals surface area contributed by atoms with Gasteiger partial charge >= 0.3 is 0 Å². The summed E-state index contributed by atoms with van der Waals surface area (Å²) in [5.74, 6) is 0.507. The third-order valence-electron chi connectivity index (χ3n) is 2.58. The lowest BCUT2D eigenvalue weighted by atomic mass is 10.1. The predicted molar refractivity (Wildman–Crippen MR) is 81.9 cm³/mol. The third kappa shape index (κ3) is 3.48. The largest absolute Gasteiger partial charge is 0.388 e. The van der Waals surface area contributed by atoms with Crippen molar-refractivity contribution < 1.29 is 0 Å². The minimum absolute atomic E-state index is 0.272. The molecule has 0 saturated heterocycles. The molecule has 0 aliphatic rings. The van der Waals surface area contributed by atoms with E-state index in [4.69, 9.17) is 18.0 Å². The fraction of sp³-hybridized carbons (Fsp3) is 0.214.